The van der Waals surface area contributed by atoms with Crippen LogP contribution in [-0.4, -0.2) is 16.3 Å². The molecule has 2 aromatic rings. The van der Waals surface area contributed by atoms with Gasteiger partial charge in [0.15, 0.2) is 21.4 Å². The fourth-order valence-corrected chi connectivity index (χ4v) is 3.15. The molecular weight excluding hydrogens is 320 g/mol. The van der Waals surface area contributed by atoms with Crippen LogP contribution in [0.5, 0.6) is 0 Å². The largest absolute Gasteiger partial charge is 1.00 e. The molecule has 0 aliphatic rings. The van der Waals surface area contributed by atoms with Crippen molar-refractivity contribution < 1.29 is 22.0 Å². The standard InChI is InChI=1S/C16H18N2O2S.ClH/c1-10-12(3)21-13(4)18(10)9-16(20)17-15-7-5-14(6-8-15)11(2)19;/h5-8H,9H2,1-4H3;1H. The van der Waals surface area contributed by atoms with Crippen LogP contribution < -0.4 is 17.7 Å². The van der Waals surface area contributed by atoms with E-state index in [4.69, 9.17) is 0 Å². The second-order valence-electron chi connectivity index (χ2n) is 5.03. The van der Waals surface area contributed by atoms with Crippen LogP contribution in [0.3, 0.4) is 0 Å². The van der Waals surface area contributed by atoms with E-state index in [1.165, 1.54) is 11.8 Å². The molecule has 0 unspecified atom stereocenters. The number of hydrogen-bond donors (Lipinski definition) is 1. The molecule has 0 aliphatic carbocycles. The predicted molar refractivity (Wildman–Crippen MR) is 86.0 cm³/mol. The van der Waals surface area contributed by atoms with Gasteiger partial charge in [-0.3, -0.25) is 9.59 Å². The van der Waals surface area contributed by atoms with Crippen molar-refractivity contribution in [3.63, 3.8) is 0 Å². The van der Waals surface area contributed by atoms with E-state index in [0.29, 0.717) is 17.8 Å². The van der Waals surface area contributed by atoms with Gasteiger partial charge in [0.1, 0.15) is 6.54 Å². The fourth-order valence-electron chi connectivity index (χ4n) is 2.14. The number of carbonyl (C=O) groups is 2. The minimum Gasteiger partial charge on any atom is -1.00 e. The lowest BCUT2D eigenvalue weighted by molar-refractivity contribution is -0.116. The lowest BCUT2D eigenvalue weighted by Gasteiger charge is -2.06. The van der Waals surface area contributed by atoms with Crippen LogP contribution >= 0.6 is 11.3 Å². The zero-order chi connectivity index (χ0) is 15.6. The highest BCUT2D eigenvalue weighted by molar-refractivity contribution is 7.11. The van der Waals surface area contributed by atoms with Gasteiger partial charge in [0, 0.05) is 43.4 Å². The van der Waals surface area contributed by atoms with Crippen LogP contribution in [0, 0.1) is 20.8 Å². The number of amides is 1. The molecule has 4 nitrogen and oxygen atoms in total. The average Bonchev–Trinajstić information content (AvgIpc) is 2.66. The summed E-state index contributed by atoms with van der Waals surface area (Å²) in [6, 6.07) is 6.93. The van der Waals surface area contributed by atoms with Crippen molar-refractivity contribution in [3.8, 4) is 0 Å². The van der Waals surface area contributed by atoms with Crippen molar-refractivity contribution in [3.05, 3.63) is 45.4 Å². The van der Waals surface area contributed by atoms with Gasteiger partial charge >= 0.3 is 0 Å². The molecule has 1 N–H and O–H groups in total. The number of anilines is 1. The summed E-state index contributed by atoms with van der Waals surface area (Å²) in [4.78, 5) is 24.6. The first-order valence-corrected chi connectivity index (χ1v) is 7.57. The zero-order valence-corrected chi connectivity index (χ0v) is 14.6. The highest BCUT2D eigenvalue weighted by atomic mass is 35.5. The normalized spacial score (nSPS) is 10.0. The van der Waals surface area contributed by atoms with Crippen LogP contribution in [0.2, 0.25) is 0 Å². The van der Waals surface area contributed by atoms with E-state index in [1.54, 1.807) is 35.6 Å². The van der Waals surface area contributed by atoms with Crippen molar-refractivity contribution >= 4 is 28.7 Å². The van der Waals surface area contributed by atoms with Crippen molar-refractivity contribution in [1.82, 2.24) is 4.57 Å². The average molecular weight is 339 g/mol. The third-order valence-electron chi connectivity index (χ3n) is 3.47. The summed E-state index contributed by atoms with van der Waals surface area (Å²) in [5, 5.41) is 3.97. The van der Waals surface area contributed by atoms with E-state index >= 15 is 0 Å². The Morgan fingerprint density at radius 1 is 1.23 bits per heavy atom. The number of Topliss-reactive ketones (excluding diaryl/α,β-unsaturated/α-hetero) is 1. The number of aryl methyl sites for hydroxylation is 2. The summed E-state index contributed by atoms with van der Waals surface area (Å²) < 4.78 is 2.01. The van der Waals surface area contributed by atoms with Gasteiger partial charge in [0.2, 0.25) is 5.91 Å². The summed E-state index contributed by atoms with van der Waals surface area (Å²) in [6.07, 6.45) is 0. The van der Waals surface area contributed by atoms with E-state index in [0.717, 1.165) is 10.7 Å². The highest BCUT2D eigenvalue weighted by Gasteiger charge is 2.19. The van der Waals surface area contributed by atoms with Gasteiger partial charge in [0.05, 0.1) is 0 Å². The second kappa shape index (κ2) is 7.51. The molecule has 1 aromatic carbocycles. The Balaban J connectivity index is 0.00000242. The van der Waals surface area contributed by atoms with E-state index in [1.807, 2.05) is 18.4 Å². The first kappa shape index (κ1) is 18.3. The molecule has 0 radical (unpaired) electrons. The maximum Gasteiger partial charge on any atom is 0.247 e. The molecular formula is C16H19ClN2O2S. The Hall–Kier alpha value is -1.72. The summed E-state index contributed by atoms with van der Waals surface area (Å²) in [5.41, 5.74) is 2.47. The van der Waals surface area contributed by atoms with E-state index in [9.17, 15) is 9.59 Å². The lowest BCUT2D eigenvalue weighted by Crippen LogP contribution is -3.00. The molecule has 22 heavy (non-hydrogen) atoms. The summed E-state index contributed by atoms with van der Waals surface area (Å²) in [6.45, 7) is 7.92. The van der Waals surface area contributed by atoms with Crippen molar-refractivity contribution in [2.24, 2.45) is 0 Å². The number of carbonyl (C=O) groups excluding carboxylic acids is 2. The van der Waals surface area contributed by atoms with Crippen LogP contribution in [0.1, 0.15) is 32.9 Å². The topological polar surface area (TPSA) is 51.1 Å². The number of ketones is 1. The van der Waals surface area contributed by atoms with Gasteiger partial charge in [-0.2, -0.15) is 0 Å². The second-order valence-corrected chi connectivity index (χ2v) is 6.44. The SMILES string of the molecule is CC(=O)c1ccc(NC(=O)Cn2c(C)c(C)s[c+]2C)cc1.[Cl-]. The molecule has 0 saturated carbocycles. The number of benzene rings is 1. The van der Waals surface area contributed by atoms with Gasteiger partial charge in [-0.25, -0.2) is 4.57 Å². The minimum absolute atomic E-state index is 0. The monoisotopic (exact) mass is 338 g/mol. The predicted octanol–water partition coefficient (Wildman–Crippen LogP) is 0.601. The Bertz CT molecular complexity index is 693. The molecule has 0 fully saturated rings. The van der Waals surface area contributed by atoms with Crippen molar-refractivity contribution in [2.75, 3.05) is 5.32 Å². The number of halogens is 1. The molecule has 6 heteroatoms. The number of nitrogens with one attached hydrogen (secondary N) is 1. The minimum atomic E-state index is -0.0698. The Labute approximate surface area is 140 Å². The number of hydrogen-bond acceptors (Lipinski definition) is 3. The van der Waals surface area contributed by atoms with E-state index in [-0.39, 0.29) is 24.1 Å². The maximum absolute atomic E-state index is 12.1. The van der Waals surface area contributed by atoms with Gasteiger partial charge < -0.3 is 17.7 Å². The first-order chi connectivity index (χ1) is 9.88. The number of aromatic nitrogens is 1. The zero-order valence-electron chi connectivity index (χ0n) is 13.1. The molecule has 1 amide bonds. The van der Waals surface area contributed by atoms with Gasteiger partial charge in [-0.1, -0.05) is 0 Å². The molecule has 118 valence electrons. The van der Waals surface area contributed by atoms with E-state index < -0.39 is 0 Å². The summed E-state index contributed by atoms with van der Waals surface area (Å²) in [7, 11) is 0. The maximum atomic E-state index is 12.1. The number of thiazole rings is 1. The summed E-state index contributed by atoms with van der Waals surface area (Å²) >= 11 is 1.69. The third kappa shape index (κ3) is 4.15. The van der Waals surface area contributed by atoms with Crippen LogP contribution in [0.4, 0.5) is 5.69 Å². The molecule has 0 atom stereocenters. The molecule has 1 heterocycles. The molecule has 1 aromatic heterocycles. The quantitative estimate of drug-likeness (QED) is 0.655. The number of nitrogens with zero attached hydrogens (tertiary/aromatic N) is 1. The van der Waals surface area contributed by atoms with Gasteiger partial charge in [-0.05, 0) is 31.2 Å². The van der Waals surface area contributed by atoms with Gasteiger partial charge in [-0.15, -0.1) is 0 Å². The summed E-state index contributed by atoms with van der Waals surface area (Å²) in [5.74, 6) is -0.0528. The molecule has 0 aliphatic heterocycles. The lowest BCUT2D eigenvalue weighted by atomic mass is 10.1. The van der Waals surface area contributed by atoms with Crippen LogP contribution in [0.15, 0.2) is 24.3 Å². The smallest absolute Gasteiger partial charge is 0.247 e. The molecule has 0 spiro atoms. The van der Waals surface area contributed by atoms with Crippen LogP contribution in [0.25, 0.3) is 0 Å². The third-order valence-corrected chi connectivity index (χ3v) is 4.59. The fraction of sp³-hybridized carbons (Fsp3) is 0.312. The highest BCUT2D eigenvalue weighted by Crippen LogP contribution is 2.20. The van der Waals surface area contributed by atoms with Gasteiger partial charge in [0.25, 0.3) is 0 Å². The first-order valence-electron chi connectivity index (χ1n) is 6.75. The van der Waals surface area contributed by atoms with Crippen molar-refractivity contribution in [2.45, 2.75) is 34.2 Å². The van der Waals surface area contributed by atoms with Crippen LogP contribution in [-0.2, 0) is 11.3 Å². The number of rotatable bonds is 4. The Kier molecular flexibility index (Phi) is 6.26. The van der Waals surface area contributed by atoms with Crippen molar-refractivity contribution in [1.29, 1.82) is 0 Å². The molecule has 0 saturated heterocycles. The molecule has 2 rings (SSSR count). The Morgan fingerprint density at radius 2 is 1.82 bits per heavy atom. The van der Waals surface area contributed by atoms with E-state index in [2.05, 4.69) is 12.2 Å². The Morgan fingerprint density at radius 3 is 2.27 bits per heavy atom. The molecule has 0 bridgehead atoms.